The summed E-state index contributed by atoms with van der Waals surface area (Å²) >= 11 is 0. The molecule has 0 spiro atoms. The molecule has 0 radical (unpaired) electrons. The highest BCUT2D eigenvalue weighted by molar-refractivity contribution is 5.85. The summed E-state index contributed by atoms with van der Waals surface area (Å²) in [6, 6.07) is 4.54. The topological polar surface area (TPSA) is 79.2 Å². The minimum Gasteiger partial charge on any atom is -0.350 e. The highest BCUT2D eigenvalue weighted by atomic mass is 15.3. The van der Waals surface area contributed by atoms with Gasteiger partial charge in [-0.3, -0.25) is 14.3 Å². The van der Waals surface area contributed by atoms with Gasteiger partial charge < -0.3 is 4.57 Å². The molecule has 176 valence electrons. The van der Waals surface area contributed by atoms with Crippen molar-refractivity contribution in [3.63, 3.8) is 0 Å². The third kappa shape index (κ3) is 3.84. The van der Waals surface area contributed by atoms with E-state index in [1.165, 1.54) is 16.7 Å². The van der Waals surface area contributed by atoms with Crippen LogP contribution in [0.15, 0.2) is 55.5 Å². The molecule has 35 heavy (non-hydrogen) atoms. The van der Waals surface area contributed by atoms with Crippen molar-refractivity contribution >= 4 is 0 Å². The monoisotopic (exact) mass is 464 g/mol. The lowest BCUT2D eigenvalue weighted by molar-refractivity contribution is 0.532. The quantitative estimate of drug-likeness (QED) is 0.385. The van der Waals surface area contributed by atoms with Crippen LogP contribution in [0.1, 0.15) is 42.4 Å². The van der Waals surface area contributed by atoms with E-state index in [4.69, 9.17) is 15.0 Å². The summed E-state index contributed by atoms with van der Waals surface area (Å²) in [5.74, 6) is 0.819. The van der Waals surface area contributed by atoms with Crippen molar-refractivity contribution in [1.82, 2.24) is 39.1 Å². The van der Waals surface area contributed by atoms with Gasteiger partial charge in [0, 0.05) is 74.2 Å². The normalized spacial score (nSPS) is 12.7. The molecule has 0 bridgehead atoms. The Kier molecular flexibility index (Phi) is 5.09. The first-order valence-electron chi connectivity index (χ1n) is 12.0. The first-order valence-corrected chi connectivity index (χ1v) is 12.0. The van der Waals surface area contributed by atoms with Crippen LogP contribution in [-0.4, -0.2) is 39.1 Å². The fourth-order valence-electron chi connectivity index (χ4n) is 4.88. The highest BCUT2D eigenvalue weighted by Crippen LogP contribution is 2.40. The molecular weight excluding hydrogens is 436 g/mol. The number of aryl methyl sites for hydroxylation is 4. The average molecular weight is 465 g/mol. The number of rotatable bonds is 5. The number of nitrogens with zero attached hydrogens (tertiary/aromatic N) is 8. The van der Waals surface area contributed by atoms with E-state index in [1.807, 2.05) is 42.7 Å². The SMILES string of the molecule is CC(C)n1cc(Cc2ncc3c(n2)-c2c(cn(C)c2-c2ccc(-c4cnn(C)c4)nc2)CC3)cn1. The molecule has 5 heterocycles. The second-order valence-corrected chi connectivity index (χ2v) is 9.58. The first-order chi connectivity index (χ1) is 17.0. The standard InChI is InChI=1S/C27H28N8/c1-17(2)35-14-18(10-31-35)9-24-29-11-19-5-6-21-15-33(3)27(25(21)26(19)32-24)20-7-8-23(28-12-20)22-13-30-34(4)16-22/h7-8,10-17H,5-6,9H2,1-4H3. The summed E-state index contributed by atoms with van der Waals surface area (Å²) < 4.78 is 5.97. The summed E-state index contributed by atoms with van der Waals surface area (Å²) in [4.78, 5) is 14.5. The van der Waals surface area contributed by atoms with Crippen LogP contribution in [0.2, 0.25) is 0 Å². The molecule has 6 rings (SSSR count). The van der Waals surface area contributed by atoms with Crippen molar-refractivity contribution in [3.8, 4) is 33.8 Å². The van der Waals surface area contributed by atoms with Crippen molar-refractivity contribution in [2.75, 3.05) is 0 Å². The minimum atomic E-state index is 0.334. The Morgan fingerprint density at radius 2 is 1.71 bits per heavy atom. The van der Waals surface area contributed by atoms with Crippen molar-refractivity contribution in [3.05, 3.63) is 78.0 Å². The molecule has 1 aliphatic carbocycles. The van der Waals surface area contributed by atoms with E-state index >= 15 is 0 Å². The summed E-state index contributed by atoms with van der Waals surface area (Å²) in [5, 5.41) is 8.73. The summed E-state index contributed by atoms with van der Waals surface area (Å²) in [7, 11) is 4.02. The van der Waals surface area contributed by atoms with Gasteiger partial charge in [-0.25, -0.2) is 9.97 Å². The molecule has 0 aromatic carbocycles. The molecule has 1 aliphatic rings. The van der Waals surface area contributed by atoms with E-state index in [0.29, 0.717) is 12.5 Å². The highest BCUT2D eigenvalue weighted by Gasteiger charge is 2.26. The third-order valence-electron chi connectivity index (χ3n) is 6.66. The second kappa shape index (κ2) is 8.30. The lowest BCUT2D eigenvalue weighted by Crippen LogP contribution is -2.08. The van der Waals surface area contributed by atoms with Crippen LogP contribution in [0, 0.1) is 0 Å². The van der Waals surface area contributed by atoms with Crippen LogP contribution in [-0.2, 0) is 33.4 Å². The fraction of sp³-hybridized carbons (Fsp3) is 0.296. The predicted octanol–water partition coefficient (Wildman–Crippen LogP) is 4.41. The van der Waals surface area contributed by atoms with E-state index in [9.17, 15) is 0 Å². The molecule has 5 aromatic heterocycles. The predicted molar refractivity (Wildman–Crippen MR) is 135 cm³/mol. The molecule has 8 nitrogen and oxygen atoms in total. The van der Waals surface area contributed by atoms with Crippen LogP contribution in [0.25, 0.3) is 33.8 Å². The molecule has 5 aromatic rings. The molecule has 0 saturated carbocycles. The van der Waals surface area contributed by atoms with Gasteiger partial charge in [-0.2, -0.15) is 10.2 Å². The van der Waals surface area contributed by atoms with E-state index in [-0.39, 0.29) is 0 Å². The van der Waals surface area contributed by atoms with Gasteiger partial charge in [0.1, 0.15) is 5.82 Å². The van der Waals surface area contributed by atoms with Gasteiger partial charge in [0.25, 0.3) is 0 Å². The van der Waals surface area contributed by atoms with Gasteiger partial charge in [0.15, 0.2) is 0 Å². The zero-order chi connectivity index (χ0) is 24.1. The summed E-state index contributed by atoms with van der Waals surface area (Å²) in [6.07, 6.45) is 16.6. The molecule has 0 amide bonds. The molecule has 0 aliphatic heterocycles. The smallest absolute Gasteiger partial charge is 0.133 e. The van der Waals surface area contributed by atoms with Crippen LogP contribution in [0.3, 0.4) is 0 Å². The van der Waals surface area contributed by atoms with E-state index in [1.54, 1.807) is 4.68 Å². The van der Waals surface area contributed by atoms with Crippen molar-refractivity contribution < 1.29 is 0 Å². The molecular formula is C27H28N8. The van der Waals surface area contributed by atoms with Crippen molar-refractivity contribution in [1.29, 1.82) is 0 Å². The summed E-state index contributed by atoms with van der Waals surface area (Å²) in [6.45, 7) is 4.26. The molecule has 0 atom stereocenters. The third-order valence-corrected chi connectivity index (χ3v) is 6.66. The fourth-order valence-corrected chi connectivity index (χ4v) is 4.88. The Morgan fingerprint density at radius 1 is 0.857 bits per heavy atom. The second-order valence-electron chi connectivity index (χ2n) is 9.58. The zero-order valence-electron chi connectivity index (χ0n) is 20.5. The Balaban J connectivity index is 1.38. The van der Waals surface area contributed by atoms with E-state index in [2.05, 4.69) is 60.2 Å². The van der Waals surface area contributed by atoms with Gasteiger partial charge in [-0.15, -0.1) is 0 Å². The molecule has 8 heteroatoms. The maximum absolute atomic E-state index is 5.08. The number of hydrogen-bond acceptors (Lipinski definition) is 5. The van der Waals surface area contributed by atoms with Gasteiger partial charge >= 0.3 is 0 Å². The van der Waals surface area contributed by atoms with E-state index < -0.39 is 0 Å². The van der Waals surface area contributed by atoms with Gasteiger partial charge in [0.05, 0.1) is 29.5 Å². The summed E-state index contributed by atoms with van der Waals surface area (Å²) in [5.41, 5.74) is 10.0. The Labute approximate surface area is 204 Å². The number of pyridine rings is 1. The Hall–Kier alpha value is -4.07. The maximum atomic E-state index is 5.08. The van der Waals surface area contributed by atoms with Gasteiger partial charge in [-0.05, 0) is 55.5 Å². The molecule has 0 unspecified atom stereocenters. The van der Waals surface area contributed by atoms with Gasteiger partial charge in [0.2, 0.25) is 0 Å². The average Bonchev–Trinajstić information content (AvgIpc) is 3.57. The Morgan fingerprint density at radius 3 is 2.43 bits per heavy atom. The first kappa shape index (κ1) is 21.5. The lowest BCUT2D eigenvalue weighted by Gasteiger charge is -2.18. The van der Waals surface area contributed by atoms with Crippen molar-refractivity contribution in [2.45, 2.75) is 39.2 Å². The number of aromatic nitrogens is 8. The molecule has 0 N–H and O–H groups in total. The van der Waals surface area contributed by atoms with Crippen LogP contribution in [0.5, 0.6) is 0 Å². The maximum Gasteiger partial charge on any atom is 0.133 e. The Bertz CT molecular complexity index is 1520. The molecule has 0 saturated heterocycles. The number of fused-ring (bicyclic) bond motifs is 3. The lowest BCUT2D eigenvalue weighted by atomic mass is 9.90. The van der Waals surface area contributed by atoms with Crippen molar-refractivity contribution in [2.24, 2.45) is 14.1 Å². The minimum absolute atomic E-state index is 0.334. The number of hydrogen-bond donors (Lipinski definition) is 0. The molecule has 0 fully saturated rings. The van der Waals surface area contributed by atoms with Crippen LogP contribution < -0.4 is 0 Å². The van der Waals surface area contributed by atoms with E-state index in [0.717, 1.165) is 52.4 Å². The van der Waals surface area contributed by atoms with Gasteiger partial charge in [-0.1, -0.05) is 0 Å². The zero-order valence-corrected chi connectivity index (χ0v) is 20.5. The van der Waals surface area contributed by atoms with Crippen LogP contribution in [0.4, 0.5) is 0 Å². The van der Waals surface area contributed by atoms with Crippen LogP contribution >= 0.6 is 0 Å². The largest absolute Gasteiger partial charge is 0.350 e.